The molecule has 1 atom stereocenters. The molecule has 0 spiro atoms. The lowest BCUT2D eigenvalue weighted by Crippen LogP contribution is -2.37. The molecule has 4 heteroatoms. The van der Waals surface area contributed by atoms with E-state index in [9.17, 15) is 4.79 Å². The predicted molar refractivity (Wildman–Crippen MR) is 83.0 cm³/mol. The molecule has 1 heterocycles. The highest BCUT2D eigenvalue weighted by Gasteiger charge is 2.22. The number of benzene rings is 1. The Morgan fingerprint density at radius 2 is 2.10 bits per heavy atom. The van der Waals surface area contributed by atoms with Gasteiger partial charge in [-0.15, -0.1) is 0 Å². The van der Waals surface area contributed by atoms with Crippen LogP contribution in [0.15, 0.2) is 24.3 Å². The number of anilines is 1. The van der Waals surface area contributed by atoms with E-state index in [1.807, 2.05) is 6.92 Å². The van der Waals surface area contributed by atoms with Crippen LogP contribution < -0.4 is 15.5 Å². The van der Waals surface area contributed by atoms with Crippen molar-refractivity contribution in [2.24, 2.45) is 0 Å². The summed E-state index contributed by atoms with van der Waals surface area (Å²) in [5.41, 5.74) is 2.51. The Morgan fingerprint density at radius 3 is 2.85 bits per heavy atom. The fourth-order valence-electron chi connectivity index (χ4n) is 2.88. The molecule has 4 nitrogen and oxygen atoms in total. The van der Waals surface area contributed by atoms with Crippen molar-refractivity contribution in [2.45, 2.75) is 32.7 Å². The number of para-hydroxylation sites is 1. The minimum Gasteiger partial charge on any atom is -0.362 e. The molecule has 0 bridgehead atoms. The summed E-state index contributed by atoms with van der Waals surface area (Å²) >= 11 is 0. The molecule has 1 unspecified atom stereocenters. The molecule has 1 amide bonds. The van der Waals surface area contributed by atoms with E-state index in [1.165, 1.54) is 11.3 Å². The molecular weight excluding hydrogens is 250 g/mol. The van der Waals surface area contributed by atoms with Gasteiger partial charge in [0.25, 0.3) is 0 Å². The summed E-state index contributed by atoms with van der Waals surface area (Å²) in [5.74, 6) is 0.101. The van der Waals surface area contributed by atoms with Crippen LogP contribution in [0.2, 0.25) is 0 Å². The van der Waals surface area contributed by atoms with Crippen LogP contribution in [0.3, 0.4) is 0 Å². The Bertz CT molecular complexity index is 447. The number of nitrogens with one attached hydrogen (secondary N) is 2. The maximum Gasteiger partial charge on any atom is 0.239 e. The van der Waals surface area contributed by atoms with Crippen molar-refractivity contribution in [3.8, 4) is 0 Å². The number of carbonyl (C=O) groups excluding carboxylic acids is 1. The predicted octanol–water partition coefficient (Wildman–Crippen LogP) is 2.07. The number of amides is 1. The van der Waals surface area contributed by atoms with Gasteiger partial charge in [0.1, 0.15) is 0 Å². The Kier molecular flexibility index (Phi) is 5.41. The highest BCUT2D eigenvalue weighted by atomic mass is 16.2. The van der Waals surface area contributed by atoms with Crippen LogP contribution in [0.5, 0.6) is 0 Å². The second kappa shape index (κ2) is 7.29. The summed E-state index contributed by atoms with van der Waals surface area (Å²) in [6.07, 6.45) is 2.22. The van der Waals surface area contributed by atoms with Crippen molar-refractivity contribution < 1.29 is 4.79 Å². The van der Waals surface area contributed by atoms with Gasteiger partial charge in [-0.25, -0.2) is 0 Å². The summed E-state index contributed by atoms with van der Waals surface area (Å²) in [7, 11) is 0. The van der Waals surface area contributed by atoms with Gasteiger partial charge in [-0.1, -0.05) is 25.1 Å². The molecule has 2 N–H and O–H groups in total. The van der Waals surface area contributed by atoms with Crippen LogP contribution in [-0.2, 0) is 4.79 Å². The Hall–Kier alpha value is -1.55. The molecule has 1 aromatic carbocycles. The first kappa shape index (κ1) is 14.9. The quantitative estimate of drug-likeness (QED) is 0.864. The standard InChI is InChI=1S/C16H25N3O/c1-3-17-14-9-7-11-19(12-16(20)18-4-2)15-10-6-5-8-13(14)15/h5-6,8,10,14,17H,3-4,7,9,11-12H2,1-2H3,(H,18,20). The van der Waals surface area contributed by atoms with Crippen LogP contribution in [0, 0.1) is 0 Å². The molecule has 1 aliphatic heterocycles. The highest BCUT2D eigenvalue weighted by Crippen LogP contribution is 2.32. The molecule has 110 valence electrons. The minimum atomic E-state index is 0.101. The van der Waals surface area contributed by atoms with E-state index in [0.29, 0.717) is 19.1 Å². The lowest BCUT2D eigenvalue weighted by molar-refractivity contribution is -0.119. The molecule has 1 aromatic rings. The Balaban J connectivity index is 2.21. The van der Waals surface area contributed by atoms with Gasteiger partial charge in [-0.3, -0.25) is 4.79 Å². The lowest BCUT2D eigenvalue weighted by Gasteiger charge is -2.25. The van der Waals surface area contributed by atoms with Crippen molar-refractivity contribution in [2.75, 3.05) is 31.1 Å². The Morgan fingerprint density at radius 1 is 1.30 bits per heavy atom. The van der Waals surface area contributed by atoms with E-state index in [0.717, 1.165) is 25.9 Å². The normalized spacial score (nSPS) is 18.3. The molecule has 0 saturated carbocycles. The first-order chi connectivity index (χ1) is 9.76. The van der Waals surface area contributed by atoms with Crippen molar-refractivity contribution in [1.29, 1.82) is 0 Å². The van der Waals surface area contributed by atoms with Crippen LogP contribution >= 0.6 is 0 Å². The third-order valence-corrected chi connectivity index (χ3v) is 3.73. The molecule has 1 aliphatic rings. The van der Waals surface area contributed by atoms with Gasteiger partial charge in [0, 0.05) is 24.8 Å². The Labute approximate surface area is 121 Å². The van der Waals surface area contributed by atoms with Crippen molar-refractivity contribution in [3.63, 3.8) is 0 Å². The molecule has 0 fully saturated rings. The smallest absolute Gasteiger partial charge is 0.239 e. The van der Waals surface area contributed by atoms with Crippen LogP contribution in [-0.4, -0.2) is 32.1 Å². The van der Waals surface area contributed by atoms with E-state index in [1.54, 1.807) is 0 Å². The molecule has 0 saturated heterocycles. The van der Waals surface area contributed by atoms with Crippen molar-refractivity contribution in [3.05, 3.63) is 29.8 Å². The van der Waals surface area contributed by atoms with Crippen LogP contribution in [0.4, 0.5) is 5.69 Å². The van der Waals surface area contributed by atoms with Gasteiger partial charge >= 0.3 is 0 Å². The van der Waals surface area contributed by atoms with Crippen LogP contribution in [0.1, 0.15) is 38.3 Å². The SMILES string of the molecule is CCNC(=O)CN1CCCC(NCC)c2ccccc21. The average Bonchev–Trinajstić information content (AvgIpc) is 2.61. The fraction of sp³-hybridized carbons (Fsp3) is 0.562. The van der Waals surface area contributed by atoms with E-state index >= 15 is 0 Å². The lowest BCUT2D eigenvalue weighted by atomic mass is 10.0. The first-order valence-corrected chi connectivity index (χ1v) is 7.60. The zero-order valence-electron chi connectivity index (χ0n) is 12.5. The van der Waals surface area contributed by atoms with E-state index in [2.05, 4.69) is 46.7 Å². The number of hydrogen-bond acceptors (Lipinski definition) is 3. The second-order valence-electron chi connectivity index (χ2n) is 5.19. The van der Waals surface area contributed by atoms with Gasteiger partial charge in [0.2, 0.25) is 5.91 Å². The van der Waals surface area contributed by atoms with Gasteiger partial charge in [0.15, 0.2) is 0 Å². The zero-order valence-corrected chi connectivity index (χ0v) is 12.5. The third kappa shape index (κ3) is 3.51. The van der Waals surface area contributed by atoms with E-state index < -0.39 is 0 Å². The van der Waals surface area contributed by atoms with E-state index in [-0.39, 0.29) is 5.91 Å². The number of fused-ring (bicyclic) bond motifs is 1. The third-order valence-electron chi connectivity index (χ3n) is 3.73. The number of carbonyl (C=O) groups is 1. The number of rotatable bonds is 5. The summed E-state index contributed by atoms with van der Waals surface area (Å²) < 4.78 is 0. The molecule has 20 heavy (non-hydrogen) atoms. The molecule has 0 radical (unpaired) electrons. The van der Waals surface area contributed by atoms with Gasteiger partial charge in [-0.2, -0.15) is 0 Å². The van der Waals surface area contributed by atoms with Crippen molar-refractivity contribution >= 4 is 11.6 Å². The average molecular weight is 275 g/mol. The number of likely N-dealkylation sites (N-methyl/N-ethyl adjacent to an activating group) is 1. The number of hydrogen-bond donors (Lipinski definition) is 2. The monoisotopic (exact) mass is 275 g/mol. The van der Waals surface area contributed by atoms with Gasteiger partial charge in [-0.05, 0) is 37.9 Å². The minimum absolute atomic E-state index is 0.101. The van der Waals surface area contributed by atoms with Gasteiger partial charge < -0.3 is 15.5 Å². The molecule has 0 aliphatic carbocycles. The first-order valence-electron chi connectivity index (χ1n) is 7.60. The summed E-state index contributed by atoms with van der Waals surface area (Å²) in [6, 6.07) is 8.84. The largest absolute Gasteiger partial charge is 0.362 e. The summed E-state index contributed by atoms with van der Waals surface area (Å²) in [6.45, 7) is 7.14. The topological polar surface area (TPSA) is 44.4 Å². The summed E-state index contributed by atoms with van der Waals surface area (Å²) in [4.78, 5) is 14.1. The summed E-state index contributed by atoms with van der Waals surface area (Å²) in [5, 5.41) is 6.44. The maximum absolute atomic E-state index is 11.9. The van der Waals surface area contributed by atoms with E-state index in [4.69, 9.17) is 0 Å². The fourth-order valence-corrected chi connectivity index (χ4v) is 2.88. The second-order valence-corrected chi connectivity index (χ2v) is 5.19. The van der Waals surface area contributed by atoms with Gasteiger partial charge in [0.05, 0.1) is 6.54 Å². The van der Waals surface area contributed by atoms with Crippen molar-refractivity contribution in [1.82, 2.24) is 10.6 Å². The highest BCUT2D eigenvalue weighted by molar-refractivity contribution is 5.81. The number of nitrogens with zero attached hydrogens (tertiary/aromatic N) is 1. The molecule has 0 aromatic heterocycles. The molecule has 2 rings (SSSR count). The molecular formula is C16H25N3O. The zero-order chi connectivity index (χ0) is 14.4. The maximum atomic E-state index is 11.9. The van der Waals surface area contributed by atoms with Crippen LogP contribution in [0.25, 0.3) is 0 Å².